The Morgan fingerprint density at radius 2 is 2.37 bits per heavy atom. The quantitative estimate of drug-likeness (QED) is 0.815. The molecule has 1 aromatic rings. The number of hydrogen-bond donors (Lipinski definition) is 2. The number of ketones is 1. The fourth-order valence-electron chi connectivity index (χ4n) is 2.40. The number of hydrogen-bond acceptors (Lipinski definition) is 5. The molecular formula is C14H23N3OS. The summed E-state index contributed by atoms with van der Waals surface area (Å²) in [5.74, 6) is 0.128. The minimum atomic E-state index is -0.00485. The van der Waals surface area contributed by atoms with Crippen molar-refractivity contribution in [1.82, 2.24) is 4.90 Å². The number of anilines is 2. The van der Waals surface area contributed by atoms with Gasteiger partial charge in [0.1, 0.15) is 0 Å². The van der Waals surface area contributed by atoms with E-state index in [1.807, 2.05) is 19.9 Å². The van der Waals surface area contributed by atoms with Crippen LogP contribution in [-0.4, -0.2) is 36.9 Å². The van der Waals surface area contributed by atoms with Gasteiger partial charge in [0, 0.05) is 18.5 Å². The summed E-state index contributed by atoms with van der Waals surface area (Å²) < 4.78 is 0. The molecule has 1 aliphatic heterocycles. The van der Waals surface area contributed by atoms with E-state index in [0.717, 1.165) is 11.5 Å². The Kier molecular flexibility index (Phi) is 4.47. The highest BCUT2D eigenvalue weighted by atomic mass is 32.1. The first-order chi connectivity index (χ1) is 8.99. The Balaban J connectivity index is 1.98. The maximum Gasteiger partial charge on any atom is 0.177 e. The molecule has 1 fully saturated rings. The fraction of sp³-hybridized carbons (Fsp3) is 0.643. The molecule has 1 atom stereocenters. The zero-order valence-electron chi connectivity index (χ0n) is 11.9. The van der Waals surface area contributed by atoms with Crippen molar-refractivity contribution in [3.05, 3.63) is 10.9 Å². The van der Waals surface area contributed by atoms with Gasteiger partial charge in [-0.1, -0.05) is 13.8 Å². The predicted molar refractivity (Wildman–Crippen MR) is 82.0 cm³/mol. The Morgan fingerprint density at radius 3 is 2.95 bits per heavy atom. The summed E-state index contributed by atoms with van der Waals surface area (Å²) in [6, 6.07) is 2.47. The third kappa shape index (κ3) is 3.28. The van der Waals surface area contributed by atoms with E-state index in [4.69, 9.17) is 5.73 Å². The van der Waals surface area contributed by atoms with Gasteiger partial charge in [0.05, 0.1) is 15.6 Å². The number of nitrogen functional groups attached to an aromatic ring is 1. The summed E-state index contributed by atoms with van der Waals surface area (Å²) in [5.41, 5.74) is 6.53. The molecule has 0 bridgehead atoms. The molecule has 0 aromatic carbocycles. The molecular weight excluding hydrogens is 258 g/mol. The van der Waals surface area contributed by atoms with Crippen molar-refractivity contribution in [1.29, 1.82) is 0 Å². The molecule has 4 nitrogen and oxygen atoms in total. The lowest BCUT2D eigenvalue weighted by Crippen LogP contribution is -2.31. The summed E-state index contributed by atoms with van der Waals surface area (Å²) in [5, 5.41) is 4.42. The summed E-state index contributed by atoms with van der Waals surface area (Å²) in [6.45, 7) is 5.91. The van der Waals surface area contributed by atoms with Crippen molar-refractivity contribution in [2.24, 2.45) is 5.92 Å². The highest BCUT2D eigenvalue weighted by Crippen LogP contribution is 2.31. The first kappa shape index (κ1) is 14.3. The summed E-state index contributed by atoms with van der Waals surface area (Å²) in [4.78, 5) is 15.1. The van der Waals surface area contributed by atoms with E-state index in [0.29, 0.717) is 16.6 Å². The number of nitrogens with two attached hydrogens (primary N) is 1. The van der Waals surface area contributed by atoms with Gasteiger partial charge in [-0.2, -0.15) is 0 Å². The molecule has 0 amide bonds. The van der Waals surface area contributed by atoms with Crippen LogP contribution in [0.2, 0.25) is 0 Å². The van der Waals surface area contributed by atoms with Gasteiger partial charge in [0.15, 0.2) is 5.78 Å². The molecule has 2 rings (SSSR count). The van der Waals surface area contributed by atoms with Gasteiger partial charge in [-0.05, 0) is 32.5 Å². The minimum Gasteiger partial charge on any atom is -0.397 e. The van der Waals surface area contributed by atoms with Crippen LogP contribution in [0.3, 0.4) is 0 Å². The molecule has 0 radical (unpaired) electrons. The van der Waals surface area contributed by atoms with Gasteiger partial charge in [-0.3, -0.25) is 4.79 Å². The van der Waals surface area contributed by atoms with E-state index < -0.39 is 0 Å². The average Bonchev–Trinajstić information content (AvgIpc) is 2.92. The fourth-order valence-corrected chi connectivity index (χ4v) is 3.48. The van der Waals surface area contributed by atoms with Crippen molar-refractivity contribution in [3.8, 4) is 0 Å². The molecule has 1 unspecified atom stereocenters. The van der Waals surface area contributed by atoms with E-state index in [1.54, 1.807) is 0 Å². The van der Waals surface area contributed by atoms with Gasteiger partial charge >= 0.3 is 0 Å². The van der Waals surface area contributed by atoms with Crippen molar-refractivity contribution >= 4 is 27.8 Å². The van der Waals surface area contributed by atoms with Gasteiger partial charge in [-0.15, -0.1) is 11.3 Å². The first-order valence-corrected chi connectivity index (χ1v) is 7.68. The minimum absolute atomic E-state index is 0.00485. The molecule has 1 aromatic heterocycles. The Hall–Kier alpha value is -1.07. The normalized spacial score (nSPS) is 20.1. The van der Waals surface area contributed by atoms with Crippen molar-refractivity contribution in [2.45, 2.75) is 32.7 Å². The van der Waals surface area contributed by atoms with E-state index in [-0.39, 0.29) is 11.7 Å². The van der Waals surface area contributed by atoms with Crippen LogP contribution in [0.15, 0.2) is 6.07 Å². The standard InChI is InChI=1S/C14H23N3OS/c1-9(2)13(18)14-11(15)7-12(19-14)16-8-10-5-4-6-17(10)3/h7,9-10,16H,4-6,8,15H2,1-3H3. The summed E-state index contributed by atoms with van der Waals surface area (Å²) >= 11 is 1.48. The molecule has 106 valence electrons. The number of nitrogens with one attached hydrogen (secondary N) is 1. The van der Waals surface area contributed by atoms with E-state index >= 15 is 0 Å². The van der Waals surface area contributed by atoms with Crippen LogP contribution in [0.25, 0.3) is 0 Å². The second kappa shape index (κ2) is 5.92. The van der Waals surface area contributed by atoms with Crippen molar-refractivity contribution in [2.75, 3.05) is 31.2 Å². The maximum atomic E-state index is 12.0. The monoisotopic (exact) mass is 281 g/mol. The number of likely N-dealkylation sites (tertiary alicyclic amines) is 1. The van der Waals surface area contributed by atoms with Gasteiger partial charge < -0.3 is 16.0 Å². The molecule has 5 heteroatoms. The zero-order valence-corrected chi connectivity index (χ0v) is 12.7. The zero-order chi connectivity index (χ0) is 14.0. The van der Waals surface area contributed by atoms with E-state index in [9.17, 15) is 4.79 Å². The number of Topliss-reactive ketones (excluding diaryl/α,β-unsaturated/α-hetero) is 1. The molecule has 3 N–H and O–H groups in total. The van der Waals surface area contributed by atoms with Crippen molar-refractivity contribution < 1.29 is 4.79 Å². The number of carbonyl (C=O) groups excluding carboxylic acids is 1. The largest absolute Gasteiger partial charge is 0.397 e. The molecule has 0 saturated carbocycles. The van der Waals surface area contributed by atoms with Crippen LogP contribution in [0.4, 0.5) is 10.7 Å². The van der Waals surface area contributed by atoms with Crippen LogP contribution in [0, 0.1) is 5.92 Å². The smallest absolute Gasteiger partial charge is 0.177 e. The number of nitrogens with zero attached hydrogens (tertiary/aromatic N) is 1. The third-order valence-corrected chi connectivity index (χ3v) is 4.82. The topological polar surface area (TPSA) is 58.4 Å². The van der Waals surface area contributed by atoms with Gasteiger partial charge in [0.25, 0.3) is 0 Å². The van der Waals surface area contributed by atoms with E-state index in [2.05, 4.69) is 17.3 Å². The molecule has 1 aliphatic rings. The van der Waals surface area contributed by atoms with Crippen molar-refractivity contribution in [3.63, 3.8) is 0 Å². The highest BCUT2D eigenvalue weighted by molar-refractivity contribution is 7.18. The first-order valence-electron chi connectivity index (χ1n) is 6.86. The molecule has 0 spiro atoms. The lowest BCUT2D eigenvalue weighted by Gasteiger charge is -2.19. The molecule has 1 saturated heterocycles. The second-order valence-corrected chi connectivity index (χ2v) is 6.62. The number of carbonyl (C=O) groups is 1. The Morgan fingerprint density at radius 1 is 1.63 bits per heavy atom. The van der Waals surface area contributed by atoms with E-state index in [1.165, 1.54) is 30.7 Å². The number of rotatable bonds is 5. The van der Waals surface area contributed by atoms with Gasteiger partial charge in [0.2, 0.25) is 0 Å². The average molecular weight is 281 g/mol. The van der Waals surface area contributed by atoms with Crippen LogP contribution in [0.1, 0.15) is 36.4 Å². The van der Waals surface area contributed by atoms with Crippen LogP contribution in [-0.2, 0) is 0 Å². The second-order valence-electron chi connectivity index (χ2n) is 5.57. The Bertz CT molecular complexity index is 456. The predicted octanol–water partition coefficient (Wildman–Crippen LogP) is 2.68. The lowest BCUT2D eigenvalue weighted by atomic mass is 10.1. The maximum absolute atomic E-state index is 12.0. The van der Waals surface area contributed by atoms with Crippen LogP contribution in [0.5, 0.6) is 0 Å². The Labute approximate surface area is 119 Å². The van der Waals surface area contributed by atoms with Crippen LogP contribution < -0.4 is 11.1 Å². The molecule has 2 heterocycles. The number of thiophene rings is 1. The number of likely N-dealkylation sites (N-methyl/N-ethyl adjacent to an activating group) is 1. The molecule has 19 heavy (non-hydrogen) atoms. The summed E-state index contributed by atoms with van der Waals surface area (Å²) in [6.07, 6.45) is 2.51. The molecule has 0 aliphatic carbocycles. The van der Waals surface area contributed by atoms with Crippen LogP contribution >= 0.6 is 11.3 Å². The highest BCUT2D eigenvalue weighted by Gasteiger charge is 2.21. The third-order valence-electron chi connectivity index (χ3n) is 3.69. The van der Waals surface area contributed by atoms with Gasteiger partial charge in [-0.25, -0.2) is 0 Å². The SMILES string of the molecule is CC(C)C(=O)c1sc(NCC2CCCN2C)cc1N. The summed E-state index contributed by atoms with van der Waals surface area (Å²) in [7, 11) is 2.16. The lowest BCUT2D eigenvalue weighted by molar-refractivity contribution is 0.0944.